The Hall–Kier alpha value is -0.880. The number of carbonyl (C=O) groups excluding carboxylic acids is 1. The summed E-state index contributed by atoms with van der Waals surface area (Å²) in [6.45, 7) is 8.61. The molecule has 1 fully saturated rings. The Balaban J connectivity index is 2.10. The highest BCUT2D eigenvalue weighted by Gasteiger charge is 2.35. The molecule has 0 aromatic heterocycles. The molecule has 1 N–H and O–H groups in total. The fourth-order valence-electron chi connectivity index (χ4n) is 2.50. The molecule has 0 radical (unpaired) electrons. The number of carbonyl (C=O) groups is 1. The van der Waals surface area contributed by atoms with Crippen molar-refractivity contribution in [2.24, 2.45) is 0 Å². The number of Topliss-reactive ketones (excluding diaryl/α,β-unsaturated/α-hetero) is 1. The Bertz CT molecular complexity index is 479. The van der Waals surface area contributed by atoms with E-state index in [2.05, 4.69) is 4.90 Å². The number of thioether (sulfide) groups is 1. The van der Waals surface area contributed by atoms with E-state index in [1.165, 1.54) is 11.8 Å². The predicted molar refractivity (Wildman–Crippen MR) is 84.8 cm³/mol. The molecule has 116 valence electrons. The van der Waals surface area contributed by atoms with Crippen LogP contribution < -0.4 is 0 Å². The van der Waals surface area contributed by atoms with E-state index in [-0.39, 0.29) is 5.78 Å². The second kappa shape index (κ2) is 6.92. The van der Waals surface area contributed by atoms with Crippen LogP contribution in [-0.2, 0) is 4.74 Å². The fourth-order valence-corrected chi connectivity index (χ4v) is 3.19. The first-order valence-corrected chi connectivity index (χ1v) is 8.11. The molecule has 1 aliphatic rings. The van der Waals surface area contributed by atoms with Gasteiger partial charge in [0.15, 0.2) is 5.78 Å². The van der Waals surface area contributed by atoms with Crippen LogP contribution in [0.1, 0.15) is 31.1 Å². The van der Waals surface area contributed by atoms with Crippen molar-refractivity contribution in [1.82, 2.24) is 4.90 Å². The minimum atomic E-state index is -0.525. The van der Waals surface area contributed by atoms with Crippen LogP contribution in [0.2, 0.25) is 0 Å². The normalized spacial score (nSPS) is 18.5. The van der Waals surface area contributed by atoms with Gasteiger partial charge in [-0.05, 0) is 32.9 Å². The molecule has 1 aromatic carbocycles. The van der Waals surface area contributed by atoms with E-state index in [4.69, 9.17) is 4.74 Å². The first-order valence-electron chi connectivity index (χ1n) is 7.23. The van der Waals surface area contributed by atoms with Gasteiger partial charge in [0.25, 0.3) is 0 Å². The molecular weight excluding hydrogens is 286 g/mol. The van der Waals surface area contributed by atoms with Crippen molar-refractivity contribution in [3.63, 3.8) is 0 Å². The minimum Gasteiger partial charge on any atom is -0.382 e. The van der Waals surface area contributed by atoms with Crippen LogP contribution in [0.4, 0.5) is 0 Å². The molecule has 2 rings (SSSR count). The number of aliphatic hydroxyl groups excluding tert-OH is 1. The Morgan fingerprint density at radius 2 is 1.86 bits per heavy atom. The lowest BCUT2D eigenvalue weighted by atomic mass is 9.91. The summed E-state index contributed by atoms with van der Waals surface area (Å²) in [5.74, 6) is 0.123. The quantitative estimate of drug-likeness (QED) is 0.514. The van der Waals surface area contributed by atoms with E-state index < -0.39 is 11.0 Å². The number of ketones is 1. The first-order chi connectivity index (χ1) is 9.91. The highest BCUT2D eigenvalue weighted by molar-refractivity contribution is 7.99. The van der Waals surface area contributed by atoms with E-state index in [1.807, 2.05) is 38.1 Å². The van der Waals surface area contributed by atoms with Crippen LogP contribution in [0.25, 0.3) is 0 Å². The van der Waals surface area contributed by atoms with Crippen LogP contribution >= 0.6 is 11.8 Å². The van der Waals surface area contributed by atoms with Gasteiger partial charge in [-0.15, -0.1) is 0 Å². The number of morpholine rings is 1. The van der Waals surface area contributed by atoms with Crippen molar-refractivity contribution in [2.75, 3.05) is 26.3 Å². The van der Waals surface area contributed by atoms with Crippen molar-refractivity contribution in [3.05, 3.63) is 29.8 Å². The van der Waals surface area contributed by atoms with Crippen LogP contribution in [0.5, 0.6) is 0 Å². The molecule has 1 atom stereocenters. The second-order valence-electron chi connectivity index (χ2n) is 5.73. The molecule has 0 amide bonds. The molecule has 4 nitrogen and oxygen atoms in total. The molecule has 1 aromatic rings. The number of benzene rings is 1. The molecule has 0 aliphatic carbocycles. The number of ether oxygens (including phenoxy) is 1. The van der Waals surface area contributed by atoms with Crippen LogP contribution in [-0.4, -0.2) is 53.1 Å². The lowest BCUT2D eigenvalue weighted by Gasteiger charge is -2.39. The zero-order valence-corrected chi connectivity index (χ0v) is 13.7. The van der Waals surface area contributed by atoms with Crippen LogP contribution in [0.15, 0.2) is 29.2 Å². The zero-order valence-electron chi connectivity index (χ0n) is 12.8. The van der Waals surface area contributed by atoms with Gasteiger partial charge in [-0.25, -0.2) is 0 Å². The molecule has 0 bridgehead atoms. The lowest BCUT2D eigenvalue weighted by Crippen LogP contribution is -2.54. The summed E-state index contributed by atoms with van der Waals surface area (Å²) >= 11 is 1.37. The van der Waals surface area contributed by atoms with Gasteiger partial charge in [0.05, 0.1) is 18.8 Å². The highest BCUT2D eigenvalue weighted by atomic mass is 32.2. The summed E-state index contributed by atoms with van der Waals surface area (Å²) in [5, 5.41) is 9.36. The average Bonchev–Trinajstić information content (AvgIpc) is 2.47. The van der Waals surface area contributed by atoms with Crippen LogP contribution in [0, 0.1) is 0 Å². The first kappa shape index (κ1) is 16.5. The average molecular weight is 309 g/mol. The predicted octanol–water partition coefficient (Wildman–Crippen LogP) is 2.41. The van der Waals surface area contributed by atoms with Gasteiger partial charge in [0.2, 0.25) is 0 Å². The summed E-state index contributed by atoms with van der Waals surface area (Å²) in [5.41, 5.74) is -0.263. The number of rotatable bonds is 5. The van der Waals surface area contributed by atoms with E-state index in [0.717, 1.165) is 18.0 Å². The zero-order chi connectivity index (χ0) is 15.5. The third-order valence-electron chi connectivity index (χ3n) is 3.78. The molecule has 21 heavy (non-hydrogen) atoms. The summed E-state index contributed by atoms with van der Waals surface area (Å²) in [6, 6.07) is 7.46. The Labute approximate surface area is 130 Å². The minimum absolute atomic E-state index is 0.123. The van der Waals surface area contributed by atoms with E-state index >= 15 is 0 Å². The topological polar surface area (TPSA) is 49.8 Å². The van der Waals surface area contributed by atoms with Crippen LogP contribution in [0.3, 0.4) is 0 Å². The van der Waals surface area contributed by atoms with Gasteiger partial charge < -0.3 is 9.84 Å². The number of hydrogen-bond donors (Lipinski definition) is 1. The van der Waals surface area contributed by atoms with Gasteiger partial charge in [0, 0.05) is 23.5 Å². The monoisotopic (exact) mass is 309 g/mol. The summed E-state index contributed by atoms with van der Waals surface area (Å²) in [6.07, 6.45) is 0. The highest BCUT2D eigenvalue weighted by Crippen LogP contribution is 2.25. The third-order valence-corrected chi connectivity index (χ3v) is 4.67. The maximum atomic E-state index is 12.8. The molecular formula is C16H23NO3S. The largest absolute Gasteiger partial charge is 0.382 e. The Morgan fingerprint density at radius 1 is 1.29 bits per heavy atom. The van der Waals surface area contributed by atoms with Crippen molar-refractivity contribution in [2.45, 2.75) is 36.6 Å². The number of aliphatic hydroxyl groups is 1. The maximum Gasteiger partial charge on any atom is 0.182 e. The van der Waals surface area contributed by atoms with Crippen molar-refractivity contribution < 1.29 is 14.6 Å². The van der Waals surface area contributed by atoms with Crippen molar-refractivity contribution in [1.29, 1.82) is 0 Å². The lowest BCUT2D eigenvalue weighted by molar-refractivity contribution is -0.00430. The van der Waals surface area contributed by atoms with E-state index in [1.54, 1.807) is 6.92 Å². The van der Waals surface area contributed by atoms with Gasteiger partial charge in [0.1, 0.15) is 5.44 Å². The molecule has 1 aliphatic heterocycles. The van der Waals surface area contributed by atoms with E-state index in [9.17, 15) is 9.90 Å². The summed E-state index contributed by atoms with van der Waals surface area (Å²) in [7, 11) is 0. The molecule has 0 spiro atoms. The molecule has 1 unspecified atom stereocenters. The second-order valence-corrected chi connectivity index (χ2v) is 7.12. The summed E-state index contributed by atoms with van der Waals surface area (Å²) in [4.78, 5) is 15.9. The maximum absolute atomic E-state index is 12.8. The standard InChI is InChI=1S/C16H23NO3S/c1-12(18)21-14-6-4-13(5-7-14)15(19)16(2,3)17-8-10-20-11-9-17/h4-7,12,18H,8-11H2,1-3H3. The van der Waals surface area contributed by atoms with Crippen molar-refractivity contribution in [3.8, 4) is 0 Å². The van der Waals surface area contributed by atoms with Gasteiger partial charge in [-0.3, -0.25) is 9.69 Å². The fraction of sp³-hybridized carbons (Fsp3) is 0.562. The third kappa shape index (κ3) is 4.07. The molecule has 1 heterocycles. The van der Waals surface area contributed by atoms with E-state index in [0.29, 0.717) is 18.8 Å². The van der Waals surface area contributed by atoms with Gasteiger partial charge >= 0.3 is 0 Å². The smallest absolute Gasteiger partial charge is 0.182 e. The Morgan fingerprint density at radius 3 is 2.38 bits per heavy atom. The summed E-state index contributed by atoms with van der Waals surface area (Å²) < 4.78 is 5.35. The van der Waals surface area contributed by atoms with Crippen molar-refractivity contribution >= 4 is 17.5 Å². The number of nitrogens with zero attached hydrogens (tertiary/aromatic N) is 1. The molecule has 1 saturated heterocycles. The SMILES string of the molecule is CC(O)Sc1ccc(C(=O)C(C)(C)N2CCOCC2)cc1. The van der Waals surface area contributed by atoms with Gasteiger partial charge in [-0.2, -0.15) is 0 Å². The Kier molecular flexibility index (Phi) is 5.43. The molecule has 0 saturated carbocycles. The molecule has 5 heteroatoms. The van der Waals surface area contributed by atoms with Gasteiger partial charge in [-0.1, -0.05) is 23.9 Å². The number of hydrogen-bond acceptors (Lipinski definition) is 5.